The van der Waals surface area contributed by atoms with Crippen LogP contribution in [0.5, 0.6) is 0 Å². The average molecular weight is 531 g/mol. The molecule has 1 heterocycles. The maximum Gasteiger partial charge on any atom is 0.289 e. The van der Waals surface area contributed by atoms with E-state index in [0.29, 0.717) is 0 Å². The topological polar surface area (TPSA) is 161 Å². The Morgan fingerprint density at radius 2 is 1.19 bits per heavy atom. The van der Waals surface area contributed by atoms with Gasteiger partial charge in [0.25, 0.3) is 31.4 Å². The fourth-order valence-electron chi connectivity index (χ4n) is 3.96. The number of rotatable bonds is 7. The molecular weight excluding hydrogens is 512 g/mol. The van der Waals surface area contributed by atoms with Crippen molar-refractivity contribution in [3.05, 3.63) is 106 Å². The third-order valence-electron chi connectivity index (χ3n) is 5.54. The summed E-state index contributed by atoms with van der Waals surface area (Å²) in [5.74, 6) is 0. The van der Waals surface area contributed by atoms with Gasteiger partial charge in [-0.05, 0) is 24.3 Å². The quantitative estimate of drug-likeness (QED) is 0.255. The molecule has 1 atom stereocenters. The molecule has 0 N–H and O–H groups in total. The Morgan fingerprint density at radius 3 is 1.69 bits per heavy atom. The first-order valence-electron chi connectivity index (χ1n) is 10.3. The van der Waals surface area contributed by atoms with E-state index in [2.05, 4.69) is 6.58 Å². The maximum atomic E-state index is 13.7. The lowest BCUT2D eigenvalue weighted by atomic mass is 10.1. The molecule has 0 bridgehead atoms. The first-order valence-corrected chi connectivity index (χ1v) is 13.2. The van der Waals surface area contributed by atoms with Gasteiger partial charge in [0.05, 0.1) is 33.8 Å². The number of fused-ring (bicyclic) bond motifs is 1. The van der Waals surface area contributed by atoms with Crippen LogP contribution >= 0.6 is 0 Å². The second-order valence-corrected chi connectivity index (χ2v) is 11.2. The van der Waals surface area contributed by atoms with Gasteiger partial charge in [0, 0.05) is 12.1 Å². The molecule has 36 heavy (non-hydrogen) atoms. The molecule has 0 fully saturated rings. The van der Waals surface area contributed by atoms with Gasteiger partial charge in [0.2, 0.25) is 0 Å². The Balaban J connectivity index is 1.94. The highest BCUT2D eigenvalue weighted by Crippen LogP contribution is 2.43. The molecule has 0 aromatic heterocycles. The molecule has 1 aliphatic rings. The van der Waals surface area contributed by atoms with Gasteiger partial charge in [0.1, 0.15) is 0 Å². The lowest BCUT2D eigenvalue weighted by Crippen LogP contribution is -2.52. The van der Waals surface area contributed by atoms with Crippen LogP contribution in [0.3, 0.4) is 0 Å². The molecule has 14 heteroatoms. The molecule has 1 unspecified atom stereocenters. The smallest absolute Gasteiger partial charge is 0.262 e. The van der Waals surface area contributed by atoms with Crippen LogP contribution in [0.2, 0.25) is 0 Å². The van der Waals surface area contributed by atoms with Crippen LogP contribution in [-0.2, 0) is 20.0 Å². The summed E-state index contributed by atoms with van der Waals surface area (Å²) < 4.78 is 56.5. The van der Waals surface area contributed by atoms with Crippen molar-refractivity contribution in [2.75, 3.05) is 15.2 Å². The highest BCUT2D eigenvalue weighted by atomic mass is 32.2. The Kier molecular flexibility index (Phi) is 6.24. The van der Waals surface area contributed by atoms with Crippen molar-refractivity contribution in [1.82, 2.24) is 0 Å². The molecule has 0 saturated carbocycles. The van der Waals surface area contributed by atoms with Crippen LogP contribution in [0, 0.1) is 20.2 Å². The van der Waals surface area contributed by atoms with Crippen molar-refractivity contribution in [3.63, 3.8) is 0 Å². The standard InChI is InChI=1S/C22H18N4O8S2/c1-2-16-15-23(35(31,32)21-13-7-5-11-19(21)25(27)28)17-9-3-4-10-18(17)24(16)36(33,34)22-14-8-6-12-20(22)26(29)30/h2-14,16H,1,15H2. The van der Waals surface area contributed by atoms with E-state index < -0.39 is 63.6 Å². The van der Waals surface area contributed by atoms with Gasteiger partial charge in [-0.1, -0.05) is 42.5 Å². The largest absolute Gasteiger partial charge is 0.289 e. The van der Waals surface area contributed by atoms with Gasteiger partial charge in [0.15, 0.2) is 9.79 Å². The number of benzene rings is 3. The predicted octanol–water partition coefficient (Wildman–Crippen LogP) is 3.46. The Morgan fingerprint density at radius 1 is 0.750 bits per heavy atom. The summed E-state index contributed by atoms with van der Waals surface area (Å²) >= 11 is 0. The van der Waals surface area contributed by atoms with Crippen LogP contribution in [0.4, 0.5) is 22.7 Å². The SMILES string of the molecule is C=CC1CN(S(=O)(=O)c2ccccc2[N+](=O)[O-])c2ccccc2N1S(=O)(=O)c1ccccc1[N+](=O)[O-]. The molecule has 0 saturated heterocycles. The zero-order valence-electron chi connectivity index (χ0n) is 18.4. The van der Waals surface area contributed by atoms with E-state index in [-0.39, 0.29) is 11.4 Å². The summed E-state index contributed by atoms with van der Waals surface area (Å²) in [7, 11) is -9.11. The highest BCUT2D eigenvalue weighted by molar-refractivity contribution is 7.93. The van der Waals surface area contributed by atoms with Gasteiger partial charge >= 0.3 is 0 Å². The molecule has 186 valence electrons. The van der Waals surface area contributed by atoms with Gasteiger partial charge in [-0.25, -0.2) is 16.8 Å². The number of nitro benzene ring substituents is 2. The molecule has 0 amide bonds. The van der Waals surface area contributed by atoms with E-state index in [0.717, 1.165) is 32.9 Å². The van der Waals surface area contributed by atoms with Gasteiger partial charge < -0.3 is 0 Å². The summed E-state index contributed by atoms with van der Waals surface area (Å²) in [6.07, 6.45) is 1.20. The Bertz CT molecular complexity index is 1610. The Hall–Kier alpha value is -4.30. The summed E-state index contributed by atoms with van der Waals surface area (Å²) in [6.45, 7) is 3.16. The van der Waals surface area contributed by atoms with Crippen molar-refractivity contribution in [3.8, 4) is 0 Å². The van der Waals surface area contributed by atoms with Crippen LogP contribution in [0.25, 0.3) is 0 Å². The van der Waals surface area contributed by atoms with Gasteiger partial charge in [-0.3, -0.25) is 28.8 Å². The molecule has 3 aromatic carbocycles. The minimum absolute atomic E-state index is 0.0732. The zero-order valence-corrected chi connectivity index (χ0v) is 20.0. The van der Waals surface area contributed by atoms with Crippen molar-refractivity contribution in [1.29, 1.82) is 0 Å². The van der Waals surface area contributed by atoms with E-state index in [1.54, 1.807) is 0 Å². The lowest BCUT2D eigenvalue weighted by Gasteiger charge is -2.41. The summed E-state index contributed by atoms with van der Waals surface area (Å²) in [4.78, 5) is 20.3. The lowest BCUT2D eigenvalue weighted by molar-refractivity contribution is -0.388. The number of hydrogen-bond acceptors (Lipinski definition) is 8. The fraction of sp³-hybridized carbons (Fsp3) is 0.0909. The number of nitrogens with zero attached hydrogens (tertiary/aromatic N) is 4. The van der Waals surface area contributed by atoms with Crippen molar-refractivity contribution in [2.45, 2.75) is 15.8 Å². The molecule has 12 nitrogen and oxygen atoms in total. The Labute approximate surface area is 206 Å². The number of sulfonamides is 2. The molecule has 0 spiro atoms. The number of hydrogen-bond donors (Lipinski definition) is 0. The summed E-state index contributed by atoms with van der Waals surface area (Å²) in [5.41, 5.74) is -1.45. The fourth-order valence-corrected chi connectivity index (χ4v) is 7.41. The summed E-state index contributed by atoms with van der Waals surface area (Å²) in [6, 6.07) is 14.1. The summed E-state index contributed by atoms with van der Waals surface area (Å²) in [5, 5.41) is 23.0. The van der Waals surface area contributed by atoms with E-state index in [9.17, 15) is 37.1 Å². The van der Waals surface area contributed by atoms with Crippen molar-refractivity contribution in [2.24, 2.45) is 0 Å². The van der Waals surface area contributed by atoms with E-state index in [4.69, 9.17) is 0 Å². The normalized spacial score (nSPS) is 15.7. The molecule has 1 aliphatic heterocycles. The number of para-hydroxylation sites is 4. The predicted molar refractivity (Wildman–Crippen MR) is 131 cm³/mol. The molecule has 0 aliphatic carbocycles. The first kappa shape index (κ1) is 24.8. The number of nitro groups is 2. The third kappa shape index (κ3) is 3.95. The number of anilines is 2. The van der Waals surface area contributed by atoms with Gasteiger partial charge in [-0.2, -0.15) is 0 Å². The molecular formula is C22H18N4O8S2. The molecule has 3 aromatic rings. The highest BCUT2D eigenvalue weighted by Gasteiger charge is 2.44. The van der Waals surface area contributed by atoms with Crippen molar-refractivity contribution < 1.29 is 26.7 Å². The molecule has 4 rings (SSSR count). The minimum atomic E-state index is -4.58. The monoisotopic (exact) mass is 530 g/mol. The van der Waals surface area contributed by atoms with E-state index in [1.165, 1.54) is 54.6 Å². The van der Waals surface area contributed by atoms with Crippen molar-refractivity contribution >= 4 is 42.8 Å². The second kappa shape index (κ2) is 9.05. The van der Waals surface area contributed by atoms with Crippen LogP contribution in [0.15, 0.2) is 95.2 Å². The van der Waals surface area contributed by atoms with E-state index in [1.807, 2.05) is 0 Å². The van der Waals surface area contributed by atoms with Crippen LogP contribution in [0.1, 0.15) is 0 Å². The minimum Gasteiger partial charge on any atom is -0.262 e. The van der Waals surface area contributed by atoms with Gasteiger partial charge in [-0.15, -0.1) is 6.58 Å². The first-order chi connectivity index (χ1) is 17.0. The molecule has 0 radical (unpaired) electrons. The van der Waals surface area contributed by atoms with Crippen LogP contribution in [-0.4, -0.2) is 39.3 Å². The van der Waals surface area contributed by atoms with Crippen LogP contribution < -0.4 is 8.61 Å². The third-order valence-corrected chi connectivity index (χ3v) is 9.26. The zero-order chi connectivity index (χ0) is 26.3. The maximum absolute atomic E-state index is 13.7. The van der Waals surface area contributed by atoms with E-state index >= 15 is 0 Å². The average Bonchev–Trinajstić information content (AvgIpc) is 2.87. The second-order valence-electron chi connectivity index (χ2n) is 7.58.